The number of aryl methyl sites for hydroxylation is 1. The van der Waals surface area contributed by atoms with Gasteiger partial charge in [0.25, 0.3) is 0 Å². The van der Waals surface area contributed by atoms with Gasteiger partial charge in [-0.3, -0.25) is 4.79 Å². The van der Waals surface area contributed by atoms with E-state index >= 15 is 0 Å². The van der Waals surface area contributed by atoms with Crippen molar-refractivity contribution in [1.29, 1.82) is 0 Å². The monoisotopic (exact) mass is 580 g/mol. The van der Waals surface area contributed by atoms with Gasteiger partial charge in [-0.25, -0.2) is 0 Å². The highest BCUT2D eigenvalue weighted by atomic mass is 16.6. The molecule has 1 aromatic carbocycles. The maximum atomic E-state index is 11.7. The van der Waals surface area contributed by atoms with E-state index in [4.69, 9.17) is 28.4 Å². The minimum atomic E-state index is -0.132. The average molecular weight is 581 g/mol. The number of carbonyl (C=O) groups is 1. The van der Waals surface area contributed by atoms with Crippen molar-refractivity contribution < 1.29 is 33.2 Å². The van der Waals surface area contributed by atoms with E-state index in [1.165, 1.54) is 76.2 Å². The summed E-state index contributed by atoms with van der Waals surface area (Å²) in [6, 6.07) is 8.45. The predicted octanol–water partition coefficient (Wildman–Crippen LogP) is 7.72. The summed E-state index contributed by atoms with van der Waals surface area (Å²) >= 11 is 0. The third kappa shape index (κ3) is 25.7. The Morgan fingerprint density at radius 3 is 1.49 bits per heavy atom. The third-order valence-electron chi connectivity index (χ3n) is 6.83. The van der Waals surface area contributed by atoms with Crippen LogP contribution in [0.2, 0.25) is 0 Å². The molecular formula is C34H60O7. The summed E-state index contributed by atoms with van der Waals surface area (Å²) in [5.74, 6) is 0.756. The molecule has 0 amide bonds. The first-order chi connectivity index (χ1) is 20.3. The number of ether oxygens (including phenoxy) is 6. The van der Waals surface area contributed by atoms with Gasteiger partial charge >= 0.3 is 5.97 Å². The Hall–Kier alpha value is -1.67. The first-order valence-electron chi connectivity index (χ1n) is 16.4. The Labute approximate surface area is 250 Å². The van der Waals surface area contributed by atoms with E-state index in [-0.39, 0.29) is 5.97 Å². The zero-order chi connectivity index (χ0) is 29.5. The molecule has 0 aromatic heterocycles. The van der Waals surface area contributed by atoms with Crippen LogP contribution in [0.5, 0.6) is 5.75 Å². The fourth-order valence-electron chi connectivity index (χ4n) is 4.36. The van der Waals surface area contributed by atoms with Gasteiger partial charge in [-0.05, 0) is 37.0 Å². The van der Waals surface area contributed by atoms with Crippen LogP contribution in [0.1, 0.15) is 109 Å². The molecule has 238 valence electrons. The minimum Gasteiger partial charge on any atom is -0.491 e. The summed E-state index contributed by atoms with van der Waals surface area (Å²) in [7, 11) is 0. The maximum absolute atomic E-state index is 11.7. The van der Waals surface area contributed by atoms with Gasteiger partial charge in [0.15, 0.2) is 0 Å². The molecule has 0 spiro atoms. The Bertz CT molecular complexity index is 680. The highest BCUT2D eigenvalue weighted by Gasteiger charge is 2.03. The molecule has 0 bridgehead atoms. The summed E-state index contributed by atoms with van der Waals surface area (Å²) in [6.07, 6.45) is 18.0. The molecular weight excluding hydrogens is 520 g/mol. The molecule has 1 aromatic rings. The van der Waals surface area contributed by atoms with Gasteiger partial charge in [0, 0.05) is 6.42 Å². The molecule has 0 radical (unpaired) electrons. The first kappa shape index (κ1) is 37.4. The van der Waals surface area contributed by atoms with E-state index in [1.54, 1.807) is 0 Å². The fourth-order valence-corrected chi connectivity index (χ4v) is 4.36. The Morgan fingerprint density at radius 1 is 0.512 bits per heavy atom. The lowest BCUT2D eigenvalue weighted by Crippen LogP contribution is -2.15. The van der Waals surface area contributed by atoms with Crippen molar-refractivity contribution in [2.75, 3.05) is 66.1 Å². The van der Waals surface area contributed by atoms with Crippen molar-refractivity contribution in [2.24, 2.45) is 0 Å². The molecule has 1 rings (SSSR count). The molecule has 0 saturated heterocycles. The largest absolute Gasteiger partial charge is 0.491 e. The molecule has 0 heterocycles. The van der Waals surface area contributed by atoms with Crippen LogP contribution in [-0.4, -0.2) is 72.0 Å². The summed E-state index contributed by atoms with van der Waals surface area (Å²) in [5.41, 5.74) is 1.38. The van der Waals surface area contributed by atoms with Crippen LogP contribution in [0.25, 0.3) is 0 Å². The smallest absolute Gasteiger partial charge is 0.305 e. The standard InChI is InChI=1S/C34H60O7/c1-3-5-7-9-11-12-14-16-32-18-20-33(21-19-32)40-30-28-38-26-24-36-22-23-37-25-27-39-29-31-41-34(35)17-15-13-10-8-6-4-2/h18-21H,3-17,22-31H2,1-2H3. The van der Waals surface area contributed by atoms with Crippen LogP contribution in [0, 0.1) is 0 Å². The van der Waals surface area contributed by atoms with Gasteiger partial charge in [0.2, 0.25) is 0 Å². The van der Waals surface area contributed by atoms with Gasteiger partial charge in [0.1, 0.15) is 19.0 Å². The van der Waals surface area contributed by atoms with Crippen LogP contribution in [0.15, 0.2) is 24.3 Å². The Kier molecular flexibility index (Phi) is 27.2. The van der Waals surface area contributed by atoms with E-state index in [1.807, 2.05) is 0 Å². The van der Waals surface area contributed by atoms with E-state index in [0.717, 1.165) is 25.0 Å². The van der Waals surface area contributed by atoms with Gasteiger partial charge in [-0.15, -0.1) is 0 Å². The van der Waals surface area contributed by atoms with Gasteiger partial charge < -0.3 is 28.4 Å². The Morgan fingerprint density at radius 2 is 0.951 bits per heavy atom. The van der Waals surface area contributed by atoms with E-state index in [2.05, 4.69) is 38.1 Å². The molecule has 0 N–H and O–H groups in total. The summed E-state index contributed by atoms with van der Waals surface area (Å²) in [5, 5.41) is 0. The first-order valence-corrected chi connectivity index (χ1v) is 16.4. The molecule has 41 heavy (non-hydrogen) atoms. The molecule has 0 aliphatic carbocycles. The summed E-state index contributed by atoms with van der Waals surface area (Å²) in [6.45, 7) is 9.26. The average Bonchev–Trinajstić information content (AvgIpc) is 2.99. The SMILES string of the molecule is CCCCCCCCCc1ccc(OCCOCCOCCOCCOCCOC(=O)CCCCCCCC)cc1. The van der Waals surface area contributed by atoms with Crippen LogP contribution >= 0.6 is 0 Å². The van der Waals surface area contributed by atoms with Crippen molar-refractivity contribution in [2.45, 2.75) is 110 Å². The van der Waals surface area contributed by atoms with Crippen LogP contribution in [0.4, 0.5) is 0 Å². The van der Waals surface area contributed by atoms with Crippen molar-refractivity contribution in [3.63, 3.8) is 0 Å². The topological polar surface area (TPSA) is 72.5 Å². The normalized spacial score (nSPS) is 11.2. The highest BCUT2D eigenvalue weighted by molar-refractivity contribution is 5.69. The predicted molar refractivity (Wildman–Crippen MR) is 166 cm³/mol. The number of hydrogen-bond donors (Lipinski definition) is 0. The van der Waals surface area contributed by atoms with Gasteiger partial charge in [-0.1, -0.05) is 96.6 Å². The van der Waals surface area contributed by atoms with Crippen molar-refractivity contribution in [3.05, 3.63) is 29.8 Å². The lowest BCUT2D eigenvalue weighted by atomic mass is 10.0. The zero-order valence-electron chi connectivity index (χ0n) is 26.3. The zero-order valence-corrected chi connectivity index (χ0v) is 26.3. The van der Waals surface area contributed by atoms with Crippen LogP contribution < -0.4 is 4.74 Å². The lowest BCUT2D eigenvalue weighted by Gasteiger charge is -2.09. The molecule has 0 aliphatic rings. The molecule has 0 fully saturated rings. The van der Waals surface area contributed by atoms with Gasteiger partial charge in [-0.2, -0.15) is 0 Å². The van der Waals surface area contributed by atoms with E-state index < -0.39 is 0 Å². The third-order valence-corrected chi connectivity index (χ3v) is 6.83. The Balaban J connectivity index is 1.79. The van der Waals surface area contributed by atoms with E-state index in [0.29, 0.717) is 72.5 Å². The van der Waals surface area contributed by atoms with Crippen molar-refractivity contribution in [3.8, 4) is 5.75 Å². The number of benzene rings is 1. The van der Waals surface area contributed by atoms with Gasteiger partial charge in [0.05, 0.1) is 52.9 Å². The fraction of sp³-hybridized carbons (Fsp3) is 0.794. The molecule has 0 saturated carbocycles. The van der Waals surface area contributed by atoms with Crippen molar-refractivity contribution >= 4 is 5.97 Å². The van der Waals surface area contributed by atoms with E-state index in [9.17, 15) is 4.79 Å². The molecule has 0 atom stereocenters. The summed E-state index contributed by atoms with van der Waals surface area (Å²) < 4.78 is 33.0. The number of unbranched alkanes of at least 4 members (excludes halogenated alkanes) is 11. The molecule has 7 nitrogen and oxygen atoms in total. The number of rotatable bonds is 31. The quantitative estimate of drug-likeness (QED) is 0.0658. The number of hydrogen-bond acceptors (Lipinski definition) is 7. The van der Waals surface area contributed by atoms with Crippen molar-refractivity contribution in [1.82, 2.24) is 0 Å². The molecule has 0 unspecified atom stereocenters. The minimum absolute atomic E-state index is 0.132. The second-order valence-electron chi connectivity index (χ2n) is 10.6. The number of carbonyl (C=O) groups excluding carboxylic acids is 1. The maximum Gasteiger partial charge on any atom is 0.305 e. The molecule has 0 aliphatic heterocycles. The number of esters is 1. The lowest BCUT2D eigenvalue weighted by molar-refractivity contribution is -0.145. The second-order valence-corrected chi connectivity index (χ2v) is 10.6. The molecule has 7 heteroatoms. The van der Waals surface area contributed by atoms with Crippen LogP contribution in [-0.2, 0) is 34.9 Å². The highest BCUT2D eigenvalue weighted by Crippen LogP contribution is 2.15. The summed E-state index contributed by atoms with van der Waals surface area (Å²) in [4.78, 5) is 11.7. The van der Waals surface area contributed by atoms with Crippen LogP contribution in [0.3, 0.4) is 0 Å². The second kappa shape index (κ2) is 29.8.